The minimum atomic E-state index is -0.569. The Bertz CT molecular complexity index is 551. The normalized spacial score (nSPS) is 10.3. The smallest absolute Gasteiger partial charge is 0.250 e. The van der Waals surface area contributed by atoms with E-state index in [4.69, 9.17) is 23.1 Å². The number of benzene rings is 1. The Hall–Kier alpha value is -2.08. The lowest BCUT2D eigenvalue weighted by Crippen LogP contribution is -2.15. The van der Waals surface area contributed by atoms with Gasteiger partial charge in [0.2, 0.25) is 5.95 Å². The number of aromatic nitrogens is 3. The van der Waals surface area contributed by atoms with Gasteiger partial charge >= 0.3 is 0 Å². The lowest BCUT2D eigenvalue weighted by atomic mass is 10.1. The zero-order valence-electron chi connectivity index (χ0n) is 8.09. The molecule has 0 aliphatic carbocycles. The van der Waals surface area contributed by atoms with Crippen LogP contribution >= 0.6 is 11.6 Å². The number of carbonyl (C=O) groups excluding carboxylic acids is 1. The Labute approximate surface area is 95.8 Å². The maximum Gasteiger partial charge on any atom is 0.250 e. The fourth-order valence-corrected chi connectivity index (χ4v) is 1.46. The molecule has 0 atom stereocenters. The first-order chi connectivity index (χ1) is 7.58. The molecule has 0 saturated heterocycles. The first-order valence-corrected chi connectivity index (χ1v) is 4.72. The lowest BCUT2D eigenvalue weighted by Gasteiger charge is -2.06. The standard InChI is InChI=1S/C9H8ClN5O/c10-5-1-2-6(8(11)16)7(3-5)15-4-13-9(12)14-15/h1-4H,(H2,11,16)(H2,12,14). The Morgan fingerprint density at radius 2 is 2.19 bits per heavy atom. The summed E-state index contributed by atoms with van der Waals surface area (Å²) in [6.45, 7) is 0. The predicted octanol–water partition coefficient (Wildman–Crippen LogP) is 0.602. The molecule has 2 rings (SSSR count). The summed E-state index contributed by atoms with van der Waals surface area (Å²) in [7, 11) is 0. The molecule has 16 heavy (non-hydrogen) atoms. The Morgan fingerprint density at radius 3 is 2.75 bits per heavy atom. The second-order valence-corrected chi connectivity index (χ2v) is 3.51. The molecule has 0 bridgehead atoms. The van der Waals surface area contributed by atoms with Crippen molar-refractivity contribution in [3.8, 4) is 5.69 Å². The highest BCUT2D eigenvalue weighted by Gasteiger charge is 2.11. The number of amides is 1. The average molecular weight is 238 g/mol. The van der Waals surface area contributed by atoms with Gasteiger partial charge in [-0.25, -0.2) is 9.67 Å². The van der Waals surface area contributed by atoms with E-state index in [0.717, 1.165) is 0 Å². The van der Waals surface area contributed by atoms with Crippen molar-refractivity contribution in [2.45, 2.75) is 0 Å². The lowest BCUT2D eigenvalue weighted by molar-refractivity contribution is 0.1000. The summed E-state index contributed by atoms with van der Waals surface area (Å²) >= 11 is 5.83. The third-order valence-corrected chi connectivity index (χ3v) is 2.22. The largest absolute Gasteiger partial charge is 0.366 e. The number of nitrogen functional groups attached to an aromatic ring is 1. The van der Waals surface area contributed by atoms with Gasteiger partial charge in [-0.15, -0.1) is 5.10 Å². The van der Waals surface area contributed by atoms with Gasteiger partial charge in [-0.2, -0.15) is 0 Å². The SMILES string of the molecule is NC(=O)c1ccc(Cl)cc1-n1cnc(N)n1. The van der Waals surface area contributed by atoms with Gasteiger partial charge in [0.15, 0.2) is 0 Å². The quantitative estimate of drug-likeness (QED) is 0.799. The van der Waals surface area contributed by atoms with Gasteiger partial charge in [0.25, 0.3) is 5.91 Å². The van der Waals surface area contributed by atoms with Crippen molar-refractivity contribution in [2.75, 3.05) is 5.73 Å². The molecule has 1 aromatic carbocycles. The topological polar surface area (TPSA) is 99.8 Å². The number of hydrogen-bond acceptors (Lipinski definition) is 4. The third kappa shape index (κ3) is 1.82. The van der Waals surface area contributed by atoms with Crippen LogP contribution in [0.4, 0.5) is 5.95 Å². The number of nitrogens with two attached hydrogens (primary N) is 2. The molecule has 0 unspecified atom stereocenters. The molecule has 1 amide bonds. The summed E-state index contributed by atoms with van der Waals surface area (Å²) in [6, 6.07) is 4.67. The molecule has 7 heteroatoms. The molecular formula is C9H8ClN5O. The molecule has 0 saturated carbocycles. The molecule has 0 aliphatic heterocycles. The average Bonchev–Trinajstić information content (AvgIpc) is 2.64. The zero-order chi connectivity index (χ0) is 11.7. The van der Waals surface area contributed by atoms with E-state index < -0.39 is 5.91 Å². The van der Waals surface area contributed by atoms with E-state index in [1.807, 2.05) is 0 Å². The molecule has 2 aromatic rings. The van der Waals surface area contributed by atoms with Crippen LogP contribution in [-0.4, -0.2) is 20.7 Å². The minimum absolute atomic E-state index is 0.107. The zero-order valence-corrected chi connectivity index (χ0v) is 8.85. The van der Waals surface area contributed by atoms with Crippen LogP contribution in [0.25, 0.3) is 5.69 Å². The van der Waals surface area contributed by atoms with Crippen LogP contribution < -0.4 is 11.5 Å². The van der Waals surface area contributed by atoms with E-state index in [9.17, 15) is 4.79 Å². The van der Waals surface area contributed by atoms with E-state index in [1.165, 1.54) is 17.1 Å². The van der Waals surface area contributed by atoms with Crippen molar-refractivity contribution in [2.24, 2.45) is 5.73 Å². The molecular weight excluding hydrogens is 230 g/mol. The van der Waals surface area contributed by atoms with Gasteiger partial charge in [-0.1, -0.05) is 11.6 Å². The van der Waals surface area contributed by atoms with Gasteiger partial charge in [-0.05, 0) is 18.2 Å². The van der Waals surface area contributed by atoms with Crippen LogP contribution in [0.5, 0.6) is 0 Å². The summed E-state index contributed by atoms with van der Waals surface area (Å²) < 4.78 is 1.35. The van der Waals surface area contributed by atoms with Crippen LogP contribution in [0.15, 0.2) is 24.5 Å². The van der Waals surface area contributed by atoms with E-state index in [-0.39, 0.29) is 5.95 Å². The summed E-state index contributed by atoms with van der Waals surface area (Å²) in [6.07, 6.45) is 1.38. The maximum atomic E-state index is 11.2. The van der Waals surface area contributed by atoms with Crippen LogP contribution in [0.3, 0.4) is 0 Å². The number of nitrogens with zero attached hydrogens (tertiary/aromatic N) is 3. The van der Waals surface area contributed by atoms with Gasteiger partial charge in [-0.3, -0.25) is 4.79 Å². The summed E-state index contributed by atoms with van der Waals surface area (Å²) in [5.74, 6) is -0.462. The predicted molar refractivity (Wildman–Crippen MR) is 59.3 cm³/mol. The Morgan fingerprint density at radius 1 is 1.44 bits per heavy atom. The first-order valence-electron chi connectivity index (χ1n) is 4.35. The van der Waals surface area contributed by atoms with Crippen molar-refractivity contribution >= 4 is 23.5 Å². The number of rotatable bonds is 2. The maximum absolute atomic E-state index is 11.2. The summed E-state index contributed by atoms with van der Waals surface area (Å²) in [5.41, 5.74) is 11.4. The van der Waals surface area contributed by atoms with Crippen LogP contribution in [0.2, 0.25) is 5.02 Å². The fraction of sp³-hybridized carbons (Fsp3) is 0. The van der Waals surface area contributed by atoms with Gasteiger partial charge in [0.1, 0.15) is 6.33 Å². The van der Waals surface area contributed by atoms with E-state index >= 15 is 0 Å². The van der Waals surface area contributed by atoms with E-state index in [1.54, 1.807) is 12.1 Å². The second kappa shape index (κ2) is 3.82. The third-order valence-electron chi connectivity index (χ3n) is 1.98. The molecule has 0 fully saturated rings. The molecule has 4 N–H and O–H groups in total. The van der Waals surface area contributed by atoms with E-state index in [0.29, 0.717) is 16.3 Å². The molecule has 6 nitrogen and oxygen atoms in total. The first kappa shape index (κ1) is 10.4. The van der Waals surface area contributed by atoms with Crippen LogP contribution in [0, 0.1) is 0 Å². The van der Waals surface area contributed by atoms with Crippen molar-refractivity contribution < 1.29 is 4.79 Å². The summed E-state index contributed by atoms with van der Waals surface area (Å²) in [4.78, 5) is 15.0. The Kier molecular flexibility index (Phi) is 2.49. The summed E-state index contributed by atoms with van der Waals surface area (Å²) in [5, 5.41) is 4.35. The van der Waals surface area contributed by atoms with Crippen molar-refractivity contribution in [1.82, 2.24) is 14.8 Å². The highest BCUT2D eigenvalue weighted by molar-refractivity contribution is 6.31. The number of halogens is 1. The monoisotopic (exact) mass is 237 g/mol. The second-order valence-electron chi connectivity index (χ2n) is 3.07. The van der Waals surface area contributed by atoms with Crippen molar-refractivity contribution in [3.05, 3.63) is 35.1 Å². The molecule has 0 radical (unpaired) electrons. The van der Waals surface area contributed by atoms with Crippen LogP contribution in [0.1, 0.15) is 10.4 Å². The molecule has 0 spiro atoms. The molecule has 82 valence electrons. The molecule has 1 aromatic heterocycles. The fourth-order valence-electron chi connectivity index (χ4n) is 1.29. The molecule has 0 aliphatic rings. The number of carbonyl (C=O) groups is 1. The number of anilines is 1. The van der Waals surface area contributed by atoms with E-state index in [2.05, 4.69) is 10.1 Å². The highest BCUT2D eigenvalue weighted by atomic mass is 35.5. The van der Waals surface area contributed by atoms with Gasteiger partial charge in [0, 0.05) is 5.02 Å². The highest BCUT2D eigenvalue weighted by Crippen LogP contribution is 2.19. The molecule has 1 heterocycles. The van der Waals surface area contributed by atoms with Crippen molar-refractivity contribution in [1.29, 1.82) is 0 Å². The van der Waals surface area contributed by atoms with Gasteiger partial charge < -0.3 is 11.5 Å². The van der Waals surface area contributed by atoms with Gasteiger partial charge in [0.05, 0.1) is 11.3 Å². The van der Waals surface area contributed by atoms with Crippen molar-refractivity contribution in [3.63, 3.8) is 0 Å². The Balaban J connectivity index is 2.62. The van der Waals surface area contributed by atoms with Crippen LogP contribution in [-0.2, 0) is 0 Å². The number of primary amides is 1. The minimum Gasteiger partial charge on any atom is -0.366 e. The number of hydrogen-bond donors (Lipinski definition) is 2.